The molecule has 0 saturated heterocycles. The topological polar surface area (TPSA) is 61.9 Å². The second-order valence-electron chi connectivity index (χ2n) is 1.82. The molecule has 60 valence electrons. The van der Waals surface area contributed by atoms with Crippen molar-refractivity contribution in [1.82, 2.24) is 5.32 Å². The summed E-state index contributed by atoms with van der Waals surface area (Å²) in [6, 6.07) is 12.0. The fraction of sp³-hybridized carbons (Fsp3) is 0.125. The van der Waals surface area contributed by atoms with E-state index >= 15 is 0 Å². The summed E-state index contributed by atoms with van der Waals surface area (Å²) in [5, 5.41) is 8.80. The lowest BCUT2D eigenvalue weighted by atomic mass is 10.4. The summed E-state index contributed by atoms with van der Waals surface area (Å²) >= 11 is 0. The third kappa shape index (κ3) is 8.49. The van der Waals surface area contributed by atoms with Crippen molar-refractivity contribution in [3.05, 3.63) is 36.4 Å². The second-order valence-corrected chi connectivity index (χ2v) is 1.82. The van der Waals surface area contributed by atoms with Gasteiger partial charge in [0.15, 0.2) is 5.96 Å². The summed E-state index contributed by atoms with van der Waals surface area (Å²) in [4.78, 5) is 0. The number of benzene rings is 1. The van der Waals surface area contributed by atoms with Gasteiger partial charge in [0.25, 0.3) is 0 Å². The SMILES string of the molecule is CNC(=N)N.c1ccccc1. The molecule has 0 atom stereocenters. The summed E-state index contributed by atoms with van der Waals surface area (Å²) in [7, 11) is 1.60. The fourth-order valence-electron chi connectivity index (χ4n) is 0.385. The van der Waals surface area contributed by atoms with Crippen molar-refractivity contribution in [3.63, 3.8) is 0 Å². The zero-order chi connectivity index (χ0) is 8.53. The maximum atomic E-state index is 6.41. The third-order valence-electron chi connectivity index (χ3n) is 0.936. The van der Waals surface area contributed by atoms with Crippen LogP contribution in [0, 0.1) is 5.41 Å². The van der Waals surface area contributed by atoms with Crippen LogP contribution in [0.1, 0.15) is 0 Å². The minimum Gasteiger partial charge on any atom is -0.370 e. The van der Waals surface area contributed by atoms with Crippen LogP contribution in [-0.2, 0) is 0 Å². The standard InChI is InChI=1S/C6H6.C2H7N3/c1-2-4-6-5-3-1;1-5-2(3)4/h1-6H;1H3,(H4,3,4,5). The molecule has 0 bridgehead atoms. The zero-order valence-corrected chi connectivity index (χ0v) is 6.54. The molecule has 0 spiro atoms. The molecule has 0 radical (unpaired) electrons. The second kappa shape index (κ2) is 6.61. The minimum absolute atomic E-state index is 0.00463. The summed E-state index contributed by atoms with van der Waals surface area (Å²) in [6.45, 7) is 0. The lowest BCUT2D eigenvalue weighted by Crippen LogP contribution is -2.25. The highest BCUT2D eigenvalue weighted by atomic mass is 15.0. The van der Waals surface area contributed by atoms with Crippen LogP contribution >= 0.6 is 0 Å². The monoisotopic (exact) mass is 151 g/mol. The first-order valence-corrected chi connectivity index (χ1v) is 3.29. The zero-order valence-electron chi connectivity index (χ0n) is 6.54. The van der Waals surface area contributed by atoms with Gasteiger partial charge in [-0.25, -0.2) is 0 Å². The average molecular weight is 151 g/mol. The molecule has 3 nitrogen and oxygen atoms in total. The number of rotatable bonds is 0. The van der Waals surface area contributed by atoms with Crippen molar-refractivity contribution in [3.8, 4) is 0 Å². The van der Waals surface area contributed by atoms with E-state index in [4.69, 9.17) is 11.1 Å². The van der Waals surface area contributed by atoms with Crippen LogP contribution in [0.25, 0.3) is 0 Å². The van der Waals surface area contributed by atoms with E-state index in [1.165, 1.54) is 0 Å². The van der Waals surface area contributed by atoms with Crippen LogP contribution < -0.4 is 11.1 Å². The van der Waals surface area contributed by atoms with Crippen LogP contribution in [0.15, 0.2) is 36.4 Å². The van der Waals surface area contributed by atoms with E-state index in [0.717, 1.165) is 0 Å². The molecule has 0 aliphatic heterocycles. The average Bonchev–Trinajstić information content (AvgIpc) is 2.09. The molecule has 11 heavy (non-hydrogen) atoms. The van der Waals surface area contributed by atoms with Crippen LogP contribution in [0.5, 0.6) is 0 Å². The molecule has 0 fully saturated rings. The first-order chi connectivity index (χ1) is 5.27. The van der Waals surface area contributed by atoms with Gasteiger partial charge in [-0.3, -0.25) is 5.41 Å². The van der Waals surface area contributed by atoms with Gasteiger partial charge in [0, 0.05) is 7.05 Å². The molecule has 3 heteroatoms. The Morgan fingerprint density at radius 1 is 1.09 bits per heavy atom. The summed E-state index contributed by atoms with van der Waals surface area (Å²) < 4.78 is 0. The van der Waals surface area contributed by atoms with Crippen molar-refractivity contribution < 1.29 is 0 Å². The highest BCUT2D eigenvalue weighted by Gasteiger charge is 1.65. The Bertz CT molecular complexity index is 157. The molecular formula is C8H13N3. The van der Waals surface area contributed by atoms with E-state index in [9.17, 15) is 0 Å². The highest BCUT2D eigenvalue weighted by molar-refractivity contribution is 5.73. The van der Waals surface area contributed by atoms with E-state index in [1.54, 1.807) is 7.05 Å². The molecule has 1 aromatic carbocycles. The first-order valence-electron chi connectivity index (χ1n) is 3.29. The van der Waals surface area contributed by atoms with Gasteiger partial charge in [-0.1, -0.05) is 36.4 Å². The molecule has 0 aliphatic carbocycles. The first kappa shape index (κ1) is 9.49. The molecule has 0 unspecified atom stereocenters. The van der Waals surface area contributed by atoms with Gasteiger partial charge in [0.05, 0.1) is 0 Å². The lowest BCUT2D eigenvalue weighted by molar-refractivity contribution is 1.12. The fourth-order valence-corrected chi connectivity index (χ4v) is 0.385. The van der Waals surface area contributed by atoms with Crippen molar-refractivity contribution in [2.45, 2.75) is 0 Å². The van der Waals surface area contributed by atoms with E-state index < -0.39 is 0 Å². The van der Waals surface area contributed by atoms with Crippen molar-refractivity contribution in [2.24, 2.45) is 5.73 Å². The van der Waals surface area contributed by atoms with Crippen LogP contribution in [0.3, 0.4) is 0 Å². The Balaban J connectivity index is 0.000000187. The van der Waals surface area contributed by atoms with E-state index in [0.29, 0.717) is 0 Å². The van der Waals surface area contributed by atoms with E-state index in [2.05, 4.69) is 5.32 Å². The molecule has 0 heterocycles. The Hall–Kier alpha value is -1.51. The maximum absolute atomic E-state index is 6.41. The highest BCUT2D eigenvalue weighted by Crippen LogP contribution is 1.79. The van der Waals surface area contributed by atoms with Gasteiger partial charge in [0.2, 0.25) is 0 Å². The number of guanidine groups is 1. The third-order valence-corrected chi connectivity index (χ3v) is 0.936. The van der Waals surface area contributed by atoms with Crippen LogP contribution in [0.2, 0.25) is 0 Å². The Labute approximate surface area is 66.7 Å². The molecule has 0 saturated carbocycles. The number of hydrogen-bond donors (Lipinski definition) is 3. The van der Waals surface area contributed by atoms with Crippen molar-refractivity contribution in [2.75, 3.05) is 7.05 Å². The Morgan fingerprint density at radius 2 is 1.27 bits per heavy atom. The van der Waals surface area contributed by atoms with Gasteiger partial charge >= 0.3 is 0 Å². The maximum Gasteiger partial charge on any atom is 0.185 e. The summed E-state index contributed by atoms with van der Waals surface area (Å²) in [5.41, 5.74) is 4.76. The van der Waals surface area contributed by atoms with Gasteiger partial charge in [0.1, 0.15) is 0 Å². The van der Waals surface area contributed by atoms with Crippen molar-refractivity contribution >= 4 is 5.96 Å². The molecule has 1 aromatic rings. The summed E-state index contributed by atoms with van der Waals surface area (Å²) in [5.74, 6) is 0.00463. The number of nitrogens with one attached hydrogen (secondary N) is 2. The quantitative estimate of drug-likeness (QED) is 0.379. The molecule has 0 amide bonds. The largest absolute Gasteiger partial charge is 0.370 e. The van der Waals surface area contributed by atoms with Gasteiger partial charge in [-0.2, -0.15) is 0 Å². The van der Waals surface area contributed by atoms with Gasteiger partial charge in [-0.05, 0) is 0 Å². The van der Waals surface area contributed by atoms with Gasteiger partial charge in [-0.15, -0.1) is 0 Å². The minimum atomic E-state index is 0.00463. The van der Waals surface area contributed by atoms with Crippen LogP contribution in [-0.4, -0.2) is 13.0 Å². The predicted octanol–water partition coefficient (Wildman–Crippen LogP) is 0.786. The van der Waals surface area contributed by atoms with Gasteiger partial charge < -0.3 is 11.1 Å². The predicted molar refractivity (Wildman–Crippen MR) is 47.4 cm³/mol. The summed E-state index contributed by atoms with van der Waals surface area (Å²) in [6.07, 6.45) is 0. The number of nitrogens with two attached hydrogens (primary N) is 1. The normalized spacial score (nSPS) is 7.36. The smallest absolute Gasteiger partial charge is 0.185 e. The van der Waals surface area contributed by atoms with E-state index in [-0.39, 0.29) is 5.96 Å². The lowest BCUT2D eigenvalue weighted by Gasteiger charge is -1.85. The van der Waals surface area contributed by atoms with Crippen molar-refractivity contribution in [1.29, 1.82) is 5.41 Å². The number of hydrogen-bond acceptors (Lipinski definition) is 1. The Kier molecular flexibility index (Phi) is 5.70. The molecule has 1 rings (SSSR count). The molecule has 0 aliphatic rings. The molecular weight excluding hydrogens is 138 g/mol. The van der Waals surface area contributed by atoms with E-state index in [1.807, 2.05) is 36.4 Å². The Morgan fingerprint density at radius 3 is 1.36 bits per heavy atom. The van der Waals surface area contributed by atoms with Crippen LogP contribution in [0.4, 0.5) is 0 Å². The molecule has 0 aromatic heterocycles. The molecule has 4 N–H and O–H groups in total.